The SMILES string of the molecule is CC(=O)c1c([N+](=O)[O-])cccc1[N+](=O)[O-]. The van der Waals surface area contributed by atoms with Crippen molar-refractivity contribution in [2.45, 2.75) is 6.92 Å². The highest BCUT2D eigenvalue weighted by Gasteiger charge is 2.27. The smallest absolute Gasteiger partial charge is 0.287 e. The Bertz CT molecular complexity index is 422. The third-order valence-electron chi connectivity index (χ3n) is 1.77. The van der Waals surface area contributed by atoms with Crippen LogP contribution < -0.4 is 0 Å². The summed E-state index contributed by atoms with van der Waals surface area (Å²) in [6.07, 6.45) is 0. The van der Waals surface area contributed by atoms with Gasteiger partial charge in [-0.1, -0.05) is 0 Å². The van der Waals surface area contributed by atoms with E-state index < -0.39 is 32.6 Å². The number of hydrogen-bond donors (Lipinski definition) is 0. The Hall–Kier alpha value is -2.31. The lowest BCUT2D eigenvalue weighted by Crippen LogP contribution is -2.04. The Morgan fingerprint density at radius 2 is 1.53 bits per heavy atom. The van der Waals surface area contributed by atoms with Gasteiger partial charge in [0.2, 0.25) is 0 Å². The van der Waals surface area contributed by atoms with Gasteiger partial charge in [-0.2, -0.15) is 0 Å². The summed E-state index contributed by atoms with van der Waals surface area (Å²) in [6.45, 7) is 1.05. The molecular formula is C8H6N2O5. The van der Waals surface area contributed by atoms with Crippen LogP contribution in [0.1, 0.15) is 17.3 Å². The number of nitro groups is 2. The molecule has 0 amide bonds. The van der Waals surface area contributed by atoms with Crippen molar-refractivity contribution >= 4 is 17.2 Å². The summed E-state index contributed by atoms with van der Waals surface area (Å²) in [5, 5.41) is 21.1. The van der Waals surface area contributed by atoms with Gasteiger partial charge in [0.05, 0.1) is 9.85 Å². The van der Waals surface area contributed by atoms with E-state index in [-0.39, 0.29) is 0 Å². The zero-order valence-corrected chi connectivity index (χ0v) is 7.67. The van der Waals surface area contributed by atoms with Crippen LogP contribution in [0.5, 0.6) is 0 Å². The fraction of sp³-hybridized carbons (Fsp3) is 0.125. The first kappa shape index (κ1) is 10.8. The lowest BCUT2D eigenvalue weighted by molar-refractivity contribution is -0.394. The highest BCUT2D eigenvalue weighted by molar-refractivity contribution is 6.02. The molecule has 0 spiro atoms. The average molecular weight is 210 g/mol. The Labute approximate surface area is 83.6 Å². The first-order valence-corrected chi connectivity index (χ1v) is 3.88. The predicted octanol–water partition coefficient (Wildman–Crippen LogP) is 1.71. The van der Waals surface area contributed by atoms with Crippen molar-refractivity contribution in [3.8, 4) is 0 Å². The molecule has 1 aromatic rings. The monoisotopic (exact) mass is 210 g/mol. The van der Waals surface area contributed by atoms with Gasteiger partial charge < -0.3 is 0 Å². The van der Waals surface area contributed by atoms with Crippen molar-refractivity contribution in [2.75, 3.05) is 0 Å². The zero-order chi connectivity index (χ0) is 11.6. The van der Waals surface area contributed by atoms with E-state index >= 15 is 0 Å². The average Bonchev–Trinajstić information content (AvgIpc) is 2.16. The fourth-order valence-corrected chi connectivity index (χ4v) is 1.19. The molecule has 0 aliphatic heterocycles. The van der Waals surface area contributed by atoms with Crippen LogP contribution in [0, 0.1) is 20.2 Å². The third kappa shape index (κ3) is 1.96. The Morgan fingerprint density at radius 1 is 1.13 bits per heavy atom. The van der Waals surface area contributed by atoms with E-state index in [0.29, 0.717) is 0 Å². The Kier molecular flexibility index (Phi) is 2.75. The van der Waals surface area contributed by atoms with Crippen LogP contribution in [-0.4, -0.2) is 15.6 Å². The molecule has 7 heteroatoms. The minimum absolute atomic E-state index is 0.465. The molecular weight excluding hydrogens is 204 g/mol. The first-order chi connectivity index (χ1) is 6.95. The van der Waals surface area contributed by atoms with Gasteiger partial charge in [-0.3, -0.25) is 25.0 Å². The molecule has 0 saturated heterocycles. The van der Waals surface area contributed by atoms with Crippen LogP contribution in [0.15, 0.2) is 18.2 Å². The van der Waals surface area contributed by atoms with E-state index in [4.69, 9.17) is 0 Å². The van der Waals surface area contributed by atoms with Gasteiger partial charge in [0, 0.05) is 12.1 Å². The summed E-state index contributed by atoms with van der Waals surface area (Å²) >= 11 is 0. The standard InChI is InChI=1S/C8H6N2O5/c1-5(11)8-6(9(12)13)3-2-4-7(8)10(14)15/h2-4H,1H3. The number of rotatable bonds is 3. The molecule has 0 heterocycles. The second-order valence-corrected chi connectivity index (χ2v) is 2.74. The van der Waals surface area contributed by atoms with Crippen molar-refractivity contribution in [1.29, 1.82) is 0 Å². The van der Waals surface area contributed by atoms with Crippen molar-refractivity contribution in [2.24, 2.45) is 0 Å². The molecule has 0 aliphatic carbocycles. The largest absolute Gasteiger partial charge is 0.294 e. The van der Waals surface area contributed by atoms with E-state index in [1.807, 2.05) is 0 Å². The number of nitro benzene ring substituents is 2. The van der Waals surface area contributed by atoms with Gasteiger partial charge in [-0.15, -0.1) is 0 Å². The maximum absolute atomic E-state index is 11.1. The summed E-state index contributed by atoms with van der Waals surface area (Å²) in [6, 6.07) is 3.29. The minimum Gasteiger partial charge on any atom is -0.294 e. The second-order valence-electron chi connectivity index (χ2n) is 2.74. The highest BCUT2D eigenvalue weighted by atomic mass is 16.6. The maximum atomic E-state index is 11.1. The maximum Gasteiger partial charge on any atom is 0.287 e. The van der Waals surface area contributed by atoms with Gasteiger partial charge in [0.25, 0.3) is 11.4 Å². The summed E-state index contributed by atoms with van der Waals surface area (Å²) in [7, 11) is 0. The van der Waals surface area contributed by atoms with Crippen LogP contribution in [0.3, 0.4) is 0 Å². The van der Waals surface area contributed by atoms with Gasteiger partial charge in [-0.05, 0) is 13.0 Å². The van der Waals surface area contributed by atoms with Crippen molar-refractivity contribution in [3.63, 3.8) is 0 Å². The number of benzene rings is 1. The summed E-state index contributed by atoms with van der Waals surface area (Å²) in [5.41, 5.74) is -1.55. The molecule has 0 saturated carbocycles. The molecule has 0 N–H and O–H groups in total. The molecule has 0 aromatic heterocycles. The van der Waals surface area contributed by atoms with E-state index in [1.54, 1.807) is 0 Å². The van der Waals surface area contributed by atoms with Crippen LogP contribution >= 0.6 is 0 Å². The molecule has 78 valence electrons. The van der Waals surface area contributed by atoms with Gasteiger partial charge in [0.15, 0.2) is 11.3 Å². The normalized spacial score (nSPS) is 9.67. The Morgan fingerprint density at radius 3 is 1.80 bits per heavy atom. The summed E-state index contributed by atoms with van der Waals surface area (Å²) < 4.78 is 0. The molecule has 15 heavy (non-hydrogen) atoms. The van der Waals surface area contributed by atoms with Gasteiger partial charge in [0.1, 0.15) is 0 Å². The molecule has 0 atom stereocenters. The first-order valence-electron chi connectivity index (χ1n) is 3.88. The van der Waals surface area contributed by atoms with Crippen molar-refractivity contribution in [1.82, 2.24) is 0 Å². The summed E-state index contributed by atoms with van der Waals surface area (Å²) in [5.74, 6) is -0.700. The van der Waals surface area contributed by atoms with Crippen LogP contribution in [0.25, 0.3) is 0 Å². The van der Waals surface area contributed by atoms with Gasteiger partial charge in [-0.25, -0.2) is 0 Å². The number of carbonyl (C=O) groups excluding carboxylic acids is 1. The number of nitrogens with zero attached hydrogens (tertiary/aromatic N) is 2. The molecule has 1 aromatic carbocycles. The van der Waals surface area contributed by atoms with E-state index in [9.17, 15) is 25.0 Å². The molecule has 0 bridgehead atoms. The topological polar surface area (TPSA) is 103 Å². The fourth-order valence-electron chi connectivity index (χ4n) is 1.19. The zero-order valence-electron chi connectivity index (χ0n) is 7.67. The lowest BCUT2D eigenvalue weighted by atomic mass is 10.1. The summed E-state index contributed by atoms with van der Waals surface area (Å²) in [4.78, 5) is 30.5. The van der Waals surface area contributed by atoms with E-state index in [0.717, 1.165) is 19.1 Å². The van der Waals surface area contributed by atoms with Crippen LogP contribution in [0.4, 0.5) is 11.4 Å². The van der Waals surface area contributed by atoms with Crippen LogP contribution in [0.2, 0.25) is 0 Å². The third-order valence-corrected chi connectivity index (χ3v) is 1.77. The van der Waals surface area contributed by atoms with Crippen LogP contribution in [-0.2, 0) is 0 Å². The number of hydrogen-bond acceptors (Lipinski definition) is 5. The number of ketones is 1. The number of Topliss-reactive ketones (excluding diaryl/α,β-unsaturated/α-hetero) is 1. The molecule has 0 aliphatic rings. The molecule has 0 fully saturated rings. The highest BCUT2D eigenvalue weighted by Crippen LogP contribution is 2.28. The second kappa shape index (κ2) is 3.82. The molecule has 0 unspecified atom stereocenters. The predicted molar refractivity (Wildman–Crippen MR) is 49.8 cm³/mol. The number of carbonyl (C=O) groups is 1. The van der Waals surface area contributed by atoms with Crippen molar-refractivity contribution < 1.29 is 14.6 Å². The quantitative estimate of drug-likeness (QED) is 0.429. The van der Waals surface area contributed by atoms with Gasteiger partial charge >= 0.3 is 0 Å². The van der Waals surface area contributed by atoms with E-state index in [2.05, 4.69) is 0 Å². The molecule has 0 radical (unpaired) electrons. The lowest BCUT2D eigenvalue weighted by Gasteiger charge is -1.99. The Balaban J connectivity index is 3.56. The van der Waals surface area contributed by atoms with Crippen molar-refractivity contribution in [3.05, 3.63) is 44.0 Å². The minimum atomic E-state index is -0.816. The van der Waals surface area contributed by atoms with E-state index in [1.165, 1.54) is 6.07 Å². The molecule has 1 rings (SSSR count). The molecule has 7 nitrogen and oxygen atoms in total.